The Balaban J connectivity index is 2.31. The third-order valence-corrected chi connectivity index (χ3v) is 3.32. The Morgan fingerprint density at radius 1 is 1.06 bits per heavy atom. The molecule has 0 aliphatic carbocycles. The van der Waals surface area contributed by atoms with Crippen LogP contribution in [0.15, 0.2) is 24.5 Å². The first-order valence-electron chi connectivity index (χ1n) is 4.77. The van der Waals surface area contributed by atoms with Gasteiger partial charge in [-0.15, -0.1) is 0 Å². The van der Waals surface area contributed by atoms with E-state index in [0.29, 0.717) is 21.0 Å². The standard InChI is InChI=1S/C11H8Cl3N3/c1-6-10(14)15-5-16-11(6)17-7-2-3-8(12)9(13)4-7/h2-5H,1H3,(H,15,16,17). The maximum absolute atomic E-state index is 5.92. The molecular weight excluding hydrogens is 281 g/mol. The first-order valence-corrected chi connectivity index (χ1v) is 5.90. The zero-order valence-corrected chi connectivity index (χ0v) is 11.1. The summed E-state index contributed by atoms with van der Waals surface area (Å²) in [6.45, 7) is 1.84. The lowest BCUT2D eigenvalue weighted by Gasteiger charge is -2.09. The van der Waals surface area contributed by atoms with Gasteiger partial charge >= 0.3 is 0 Å². The van der Waals surface area contributed by atoms with Gasteiger partial charge in [0.2, 0.25) is 0 Å². The molecule has 2 rings (SSSR count). The van der Waals surface area contributed by atoms with Crippen LogP contribution in [-0.4, -0.2) is 9.97 Å². The van der Waals surface area contributed by atoms with Crippen LogP contribution in [0.1, 0.15) is 5.56 Å². The number of hydrogen-bond donors (Lipinski definition) is 1. The Morgan fingerprint density at radius 2 is 1.82 bits per heavy atom. The first kappa shape index (κ1) is 12.4. The van der Waals surface area contributed by atoms with E-state index in [0.717, 1.165) is 11.3 Å². The number of halogens is 3. The fraction of sp³-hybridized carbons (Fsp3) is 0.0909. The highest BCUT2D eigenvalue weighted by molar-refractivity contribution is 6.42. The van der Waals surface area contributed by atoms with Crippen LogP contribution in [0.4, 0.5) is 11.5 Å². The Hall–Kier alpha value is -1.03. The number of benzene rings is 1. The second-order valence-corrected chi connectivity index (χ2v) is 4.56. The molecule has 0 saturated carbocycles. The van der Waals surface area contributed by atoms with Gasteiger partial charge in [0.1, 0.15) is 17.3 Å². The SMILES string of the molecule is Cc1c(Cl)ncnc1Nc1ccc(Cl)c(Cl)c1. The van der Waals surface area contributed by atoms with E-state index in [-0.39, 0.29) is 0 Å². The highest BCUT2D eigenvalue weighted by Crippen LogP contribution is 2.28. The summed E-state index contributed by atoms with van der Waals surface area (Å²) in [7, 11) is 0. The maximum Gasteiger partial charge on any atom is 0.138 e. The predicted octanol–water partition coefficient (Wildman–Crippen LogP) is 4.49. The van der Waals surface area contributed by atoms with E-state index in [4.69, 9.17) is 34.8 Å². The fourth-order valence-electron chi connectivity index (χ4n) is 1.27. The molecule has 88 valence electrons. The van der Waals surface area contributed by atoms with E-state index in [2.05, 4.69) is 15.3 Å². The Labute approximate surface area is 114 Å². The molecule has 0 atom stereocenters. The van der Waals surface area contributed by atoms with Crippen molar-refractivity contribution in [2.75, 3.05) is 5.32 Å². The van der Waals surface area contributed by atoms with Gasteiger partial charge in [0.25, 0.3) is 0 Å². The van der Waals surface area contributed by atoms with E-state index >= 15 is 0 Å². The summed E-state index contributed by atoms with van der Waals surface area (Å²) < 4.78 is 0. The topological polar surface area (TPSA) is 37.8 Å². The van der Waals surface area contributed by atoms with Crippen molar-refractivity contribution >= 4 is 46.3 Å². The molecule has 0 aliphatic rings. The van der Waals surface area contributed by atoms with Crippen LogP contribution in [0.5, 0.6) is 0 Å². The van der Waals surface area contributed by atoms with Crippen molar-refractivity contribution in [1.82, 2.24) is 9.97 Å². The lowest BCUT2D eigenvalue weighted by Crippen LogP contribution is -1.98. The van der Waals surface area contributed by atoms with E-state index in [1.807, 2.05) is 13.0 Å². The molecule has 6 heteroatoms. The maximum atomic E-state index is 5.92. The summed E-state index contributed by atoms with van der Waals surface area (Å²) in [6.07, 6.45) is 1.40. The molecule has 0 radical (unpaired) electrons. The van der Waals surface area contributed by atoms with Crippen molar-refractivity contribution in [1.29, 1.82) is 0 Å². The smallest absolute Gasteiger partial charge is 0.138 e. The lowest BCUT2D eigenvalue weighted by molar-refractivity contribution is 1.13. The summed E-state index contributed by atoms with van der Waals surface area (Å²) in [4.78, 5) is 7.98. The zero-order chi connectivity index (χ0) is 12.4. The van der Waals surface area contributed by atoms with Crippen LogP contribution in [0, 0.1) is 6.92 Å². The average molecular weight is 289 g/mol. The summed E-state index contributed by atoms with van der Waals surface area (Å²) in [5, 5.41) is 4.51. The van der Waals surface area contributed by atoms with Crippen molar-refractivity contribution in [3.8, 4) is 0 Å². The number of nitrogens with zero attached hydrogens (tertiary/aromatic N) is 2. The first-order chi connectivity index (χ1) is 8.08. The van der Waals surface area contributed by atoms with Gasteiger partial charge in [-0.25, -0.2) is 9.97 Å². The number of hydrogen-bond acceptors (Lipinski definition) is 3. The number of nitrogens with one attached hydrogen (secondary N) is 1. The Bertz CT molecular complexity index is 558. The van der Waals surface area contributed by atoms with Crippen LogP contribution in [0.3, 0.4) is 0 Å². The minimum atomic E-state index is 0.419. The summed E-state index contributed by atoms with van der Waals surface area (Å²) >= 11 is 17.7. The zero-order valence-electron chi connectivity index (χ0n) is 8.84. The molecule has 0 amide bonds. The Morgan fingerprint density at radius 3 is 2.53 bits per heavy atom. The molecule has 1 N–H and O–H groups in total. The molecule has 0 spiro atoms. The average Bonchev–Trinajstić information content (AvgIpc) is 2.30. The summed E-state index contributed by atoms with van der Waals surface area (Å²) in [6, 6.07) is 5.24. The highest BCUT2D eigenvalue weighted by Gasteiger charge is 2.06. The largest absolute Gasteiger partial charge is 0.340 e. The molecule has 17 heavy (non-hydrogen) atoms. The van der Waals surface area contributed by atoms with Crippen LogP contribution in [0.25, 0.3) is 0 Å². The molecule has 1 aromatic heterocycles. The number of aromatic nitrogens is 2. The van der Waals surface area contributed by atoms with Gasteiger partial charge in [0, 0.05) is 11.3 Å². The molecule has 0 fully saturated rings. The third kappa shape index (κ3) is 2.80. The third-order valence-electron chi connectivity index (χ3n) is 2.20. The summed E-state index contributed by atoms with van der Waals surface area (Å²) in [5.41, 5.74) is 1.57. The minimum Gasteiger partial charge on any atom is -0.340 e. The molecule has 0 saturated heterocycles. The van der Waals surface area contributed by atoms with E-state index < -0.39 is 0 Å². The molecule has 0 unspecified atom stereocenters. The second-order valence-electron chi connectivity index (χ2n) is 3.39. The molecule has 0 aliphatic heterocycles. The van der Waals surface area contributed by atoms with Gasteiger partial charge in [0.15, 0.2) is 0 Å². The van der Waals surface area contributed by atoms with Gasteiger partial charge in [-0.1, -0.05) is 34.8 Å². The minimum absolute atomic E-state index is 0.419. The van der Waals surface area contributed by atoms with Gasteiger partial charge in [-0.05, 0) is 25.1 Å². The molecule has 1 aromatic carbocycles. The van der Waals surface area contributed by atoms with E-state index in [9.17, 15) is 0 Å². The van der Waals surface area contributed by atoms with Crippen molar-refractivity contribution in [3.63, 3.8) is 0 Å². The van der Waals surface area contributed by atoms with Gasteiger partial charge in [0.05, 0.1) is 10.0 Å². The predicted molar refractivity (Wildman–Crippen MR) is 71.5 cm³/mol. The highest BCUT2D eigenvalue weighted by atomic mass is 35.5. The van der Waals surface area contributed by atoms with Gasteiger partial charge in [-0.2, -0.15) is 0 Å². The van der Waals surface area contributed by atoms with Crippen molar-refractivity contribution in [2.24, 2.45) is 0 Å². The fourth-order valence-corrected chi connectivity index (χ4v) is 1.70. The van der Waals surface area contributed by atoms with Crippen LogP contribution in [0.2, 0.25) is 15.2 Å². The quantitative estimate of drug-likeness (QED) is 0.827. The van der Waals surface area contributed by atoms with Crippen LogP contribution in [-0.2, 0) is 0 Å². The molecule has 3 nitrogen and oxygen atoms in total. The molecule has 1 heterocycles. The number of rotatable bonds is 2. The lowest BCUT2D eigenvalue weighted by atomic mass is 10.3. The van der Waals surface area contributed by atoms with Crippen LogP contribution >= 0.6 is 34.8 Å². The molecular formula is C11H8Cl3N3. The van der Waals surface area contributed by atoms with Crippen molar-refractivity contribution < 1.29 is 0 Å². The van der Waals surface area contributed by atoms with Gasteiger partial charge < -0.3 is 5.32 Å². The number of anilines is 2. The van der Waals surface area contributed by atoms with E-state index in [1.165, 1.54) is 6.33 Å². The van der Waals surface area contributed by atoms with Crippen molar-refractivity contribution in [3.05, 3.63) is 45.3 Å². The molecule has 0 bridgehead atoms. The van der Waals surface area contributed by atoms with Crippen molar-refractivity contribution in [2.45, 2.75) is 6.92 Å². The molecule has 2 aromatic rings. The van der Waals surface area contributed by atoms with E-state index in [1.54, 1.807) is 12.1 Å². The van der Waals surface area contributed by atoms with Crippen LogP contribution < -0.4 is 5.32 Å². The normalized spacial score (nSPS) is 10.4. The monoisotopic (exact) mass is 287 g/mol. The summed E-state index contributed by atoms with van der Waals surface area (Å²) in [5.74, 6) is 0.642. The Kier molecular flexibility index (Phi) is 3.72. The second kappa shape index (κ2) is 5.08. The van der Waals surface area contributed by atoms with Gasteiger partial charge in [-0.3, -0.25) is 0 Å².